The lowest BCUT2D eigenvalue weighted by atomic mass is 10.1. The van der Waals surface area contributed by atoms with E-state index in [1.165, 1.54) is 6.33 Å². The fourth-order valence-corrected chi connectivity index (χ4v) is 1.75. The topological polar surface area (TPSA) is 79.9 Å². The molecule has 2 aromatic rings. The number of rotatable bonds is 6. The molecule has 1 unspecified atom stereocenters. The van der Waals surface area contributed by atoms with Crippen LogP contribution in [-0.4, -0.2) is 27.7 Å². The molecule has 21 heavy (non-hydrogen) atoms. The van der Waals surface area contributed by atoms with E-state index in [0.717, 1.165) is 5.57 Å². The lowest BCUT2D eigenvalue weighted by Gasteiger charge is -2.14. The fraction of sp³-hybridized carbons (Fsp3) is 0.267. The maximum absolute atomic E-state index is 12.3. The smallest absolute Gasteiger partial charge is 0.255 e. The largest absolute Gasteiger partial charge is 0.488 e. The van der Waals surface area contributed by atoms with Gasteiger partial charge in [-0.1, -0.05) is 18.7 Å². The van der Waals surface area contributed by atoms with Gasteiger partial charge in [0.2, 0.25) is 0 Å². The van der Waals surface area contributed by atoms with E-state index in [4.69, 9.17) is 4.74 Å². The number of carbonyl (C=O) groups excluding carboxylic acids is 1. The lowest BCUT2D eigenvalue weighted by Crippen LogP contribution is -2.27. The van der Waals surface area contributed by atoms with Crippen LogP contribution in [0.3, 0.4) is 0 Å². The van der Waals surface area contributed by atoms with Crippen molar-refractivity contribution in [3.8, 4) is 5.75 Å². The number of hydrogen-bond donors (Lipinski definition) is 2. The Morgan fingerprint density at radius 1 is 1.48 bits per heavy atom. The summed E-state index contributed by atoms with van der Waals surface area (Å²) in [5, 5.41) is 9.35. The van der Waals surface area contributed by atoms with E-state index >= 15 is 0 Å². The number of carbonyl (C=O) groups is 1. The molecule has 0 aliphatic rings. The lowest BCUT2D eigenvalue weighted by molar-refractivity contribution is 0.0934. The summed E-state index contributed by atoms with van der Waals surface area (Å²) in [6, 6.07) is 6.83. The summed E-state index contributed by atoms with van der Waals surface area (Å²) in [5.74, 6) is 0.905. The zero-order chi connectivity index (χ0) is 15.2. The standard InChI is InChI=1S/C15H18N4O2/c1-10(2)8-21-13-7-5-4-6-12(13)15(20)18-11(3)14-16-9-17-19-14/h4-7,9,11H,1,8H2,2-3H3,(H,18,20)(H,16,17,19). The zero-order valence-corrected chi connectivity index (χ0v) is 12.1. The van der Waals surface area contributed by atoms with Gasteiger partial charge in [-0.3, -0.25) is 9.89 Å². The molecular weight excluding hydrogens is 268 g/mol. The number of H-pyrrole nitrogens is 1. The van der Waals surface area contributed by atoms with Crippen molar-refractivity contribution in [1.29, 1.82) is 0 Å². The highest BCUT2D eigenvalue weighted by Crippen LogP contribution is 2.19. The van der Waals surface area contributed by atoms with Gasteiger partial charge in [-0.15, -0.1) is 0 Å². The molecule has 6 nitrogen and oxygen atoms in total. The van der Waals surface area contributed by atoms with Gasteiger partial charge in [-0.2, -0.15) is 5.10 Å². The van der Waals surface area contributed by atoms with E-state index in [-0.39, 0.29) is 11.9 Å². The van der Waals surface area contributed by atoms with E-state index in [1.54, 1.807) is 18.2 Å². The van der Waals surface area contributed by atoms with E-state index in [9.17, 15) is 4.79 Å². The molecule has 0 saturated carbocycles. The Bertz CT molecular complexity index is 622. The second-order valence-electron chi connectivity index (χ2n) is 4.81. The summed E-state index contributed by atoms with van der Waals surface area (Å²) in [6.07, 6.45) is 1.40. The highest BCUT2D eigenvalue weighted by atomic mass is 16.5. The SMILES string of the molecule is C=C(C)COc1ccccc1C(=O)NC(C)c1ncn[nH]1. The minimum absolute atomic E-state index is 0.226. The van der Waals surface area contributed by atoms with Crippen LogP contribution in [0.4, 0.5) is 0 Å². The highest BCUT2D eigenvalue weighted by molar-refractivity contribution is 5.97. The number of aromatic nitrogens is 3. The maximum atomic E-state index is 12.3. The number of aromatic amines is 1. The van der Waals surface area contributed by atoms with Crippen LogP contribution < -0.4 is 10.1 Å². The molecule has 1 amide bonds. The fourth-order valence-electron chi connectivity index (χ4n) is 1.75. The van der Waals surface area contributed by atoms with Crippen LogP contribution in [0.5, 0.6) is 5.75 Å². The molecule has 0 spiro atoms. The monoisotopic (exact) mass is 286 g/mol. The van der Waals surface area contributed by atoms with Gasteiger partial charge in [0.1, 0.15) is 24.5 Å². The molecule has 0 fully saturated rings. The Morgan fingerprint density at radius 3 is 2.90 bits per heavy atom. The molecule has 6 heteroatoms. The Kier molecular flexibility index (Phi) is 4.71. The minimum Gasteiger partial charge on any atom is -0.488 e. The average molecular weight is 286 g/mol. The van der Waals surface area contributed by atoms with Crippen LogP contribution in [0.2, 0.25) is 0 Å². The third-order valence-corrected chi connectivity index (χ3v) is 2.80. The van der Waals surface area contributed by atoms with Crippen LogP contribution in [0.1, 0.15) is 36.1 Å². The van der Waals surface area contributed by atoms with Crippen LogP contribution in [-0.2, 0) is 0 Å². The second-order valence-corrected chi connectivity index (χ2v) is 4.81. The van der Waals surface area contributed by atoms with Crippen molar-refractivity contribution in [2.45, 2.75) is 19.9 Å². The Morgan fingerprint density at radius 2 is 2.24 bits per heavy atom. The maximum Gasteiger partial charge on any atom is 0.255 e. The predicted molar refractivity (Wildman–Crippen MR) is 79.0 cm³/mol. The molecule has 1 atom stereocenters. The highest BCUT2D eigenvalue weighted by Gasteiger charge is 2.16. The van der Waals surface area contributed by atoms with Gasteiger partial charge < -0.3 is 10.1 Å². The zero-order valence-electron chi connectivity index (χ0n) is 12.1. The predicted octanol–water partition coefficient (Wildman–Crippen LogP) is 2.25. The van der Waals surface area contributed by atoms with Crippen molar-refractivity contribution < 1.29 is 9.53 Å². The van der Waals surface area contributed by atoms with Crippen LogP contribution in [0.25, 0.3) is 0 Å². The van der Waals surface area contributed by atoms with Crippen molar-refractivity contribution in [3.05, 3.63) is 54.1 Å². The molecule has 2 rings (SSSR count). The van der Waals surface area contributed by atoms with Gasteiger partial charge in [0.05, 0.1) is 11.6 Å². The van der Waals surface area contributed by atoms with Gasteiger partial charge in [-0.05, 0) is 31.6 Å². The average Bonchev–Trinajstić information content (AvgIpc) is 2.99. The molecule has 1 aromatic carbocycles. The van der Waals surface area contributed by atoms with Crippen LogP contribution in [0, 0.1) is 0 Å². The molecule has 0 saturated heterocycles. The summed E-state index contributed by atoms with van der Waals surface area (Å²) in [4.78, 5) is 16.4. The molecule has 0 bridgehead atoms. The quantitative estimate of drug-likeness (QED) is 0.798. The Balaban J connectivity index is 2.10. The second kappa shape index (κ2) is 6.69. The first kappa shape index (κ1) is 14.8. The molecule has 2 N–H and O–H groups in total. The van der Waals surface area contributed by atoms with Crippen LogP contribution >= 0.6 is 0 Å². The molecule has 0 radical (unpaired) electrons. The van der Waals surface area contributed by atoms with Crippen molar-refractivity contribution in [1.82, 2.24) is 20.5 Å². The van der Waals surface area contributed by atoms with Gasteiger partial charge in [0, 0.05) is 0 Å². The third-order valence-electron chi connectivity index (χ3n) is 2.80. The van der Waals surface area contributed by atoms with E-state index in [0.29, 0.717) is 23.7 Å². The first-order valence-corrected chi connectivity index (χ1v) is 6.60. The Labute approximate surface area is 123 Å². The summed E-state index contributed by atoms with van der Waals surface area (Å²) < 4.78 is 5.60. The molecule has 0 aliphatic carbocycles. The van der Waals surface area contributed by atoms with E-state index < -0.39 is 0 Å². The van der Waals surface area contributed by atoms with E-state index in [2.05, 4.69) is 27.1 Å². The molecular formula is C15H18N4O2. The first-order valence-electron chi connectivity index (χ1n) is 6.60. The summed E-state index contributed by atoms with van der Waals surface area (Å²) in [7, 11) is 0. The number of amides is 1. The van der Waals surface area contributed by atoms with Gasteiger partial charge in [0.25, 0.3) is 5.91 Å². The van der Waals surface area contributed by atoms with Crippen molar-refractivity contribution in [2.75, 3.05) is 6.61 Å². The summed E-state index contributed by atoms with van der Waals surface area (Å²) in [6.45, 7) is 7.86. The van der Waals surface area contributed by atoms with Crippen molar-refractivity contribution in [3.63, 3.8) is 0 Å². The minimum atomic E-state index is -0.269. The molecule has 110 valence electrons. The summed E-state index contributed by atoms with van der Waals surface area (Å²) >= 11 is 0. The normalized spacial score (nSPS) is 11.7. The molecule has 0 aliphatic heterocycles. The molecule has 1 heterocycles. The van der Waals surface area contributed by atoms with E-state index in [1.807, 2.05) is 19.9 Å². The number of ether oxygens (including phenoxy) is 1. The number of hydrogen-bond acceptors (Lipinski definition) is 4. The van der Waals surface area contributed by atoms with Gasteiger partial charge in [0.15, 0.2) is 0 Å². The molecule has 1 aromatic heterocycles. The third kappa shape index (κ3) is 3.92. The van der Waals surface area contributed by atoms with Crippen molar-refractivity contribution >= 4 is 5.91 Å². The number of nitrogens with one attached hydrogen (secondary N) is 2. The van der Waals surface area contributed by atoms with Crippen LogP contribution in [0.15, 0.2) is 42.7 Å². The number of benzene rings is 1. The van der Waals surface area contributed by atoms with Gasteiger partial charge in [-0.25, -0.2) is 4.98 Å². The Hall–Kier alpha value is -2.63. The first-order chi connectivity index (χ1) is 10.1. The van der Waals surface area contributed by atoms with Gasteiger partial charge >= 0.3 is 0 Å². The van der Waals surface area contributed by atoms with Crippen molar-refractivity contribution in [2.24, 2.45) is 0 Å². The number of nitrogens with zero attached hydrogens (tertiary/aromatic N) is 2. The number of para-hydroxylation sites is 1. The summed E-state index contributed by atoms with van der Waals surface area (Å²) in [5.41, 5.74) is 1.37.